The van der Waals surface area contributed by atoms with E-state index in [-0.39, 0.29) is 23.1 Å². The largest absolute Gasteiger partial charge is 0.478 e. The smallest absolute Gasteiger partial charge is 0.336 e. The number of nitriles is 1. The van der Waals surface area contributed by atoms with Crippen molar-refractivity contribution in [3.8, 4) is 6.07 Å². The van der Waals surface area contributed by atoms with Gasteiger partial charge in [-0.2, -0.15) is 5.26 Å². The number of benzene rings is 1. The van der Waals surface area contributed by atoms with Crippen molar-refractivity contribution in [2.45, 2.75) is 32.7 Å². The topological polar surface area (TPSA) is 83.1 Å². The van der Waals surface area contributed by atoms with E-state index >= 15 is 0 Å². The number of aromatic carboxylic acids is 1. The highest BCUT2D eigenvalue weighted by atomic mass is 16.4. The second kappa shape index (κ2) is 6.09. The Morgan fingerprint density at radius 1 is 1.22 bits per heavy atom. The summed E-state index contributed by atoms with van der Waals surface area (Å²) >= 11 is 0. The van der Waals surface area contributed by atoms with Crippen molar-refractivity contribution in [1.82, 2.24) is 4.57 Å². The van der Waals surface area contributed by atoms with Crippen LogP contribution >= 0.6 is 0 Å². The lowest BCUT2D eigenvalue weighted by Crippen LogP contribution is -2.31. The number of carboxylic acids is 1. The molecule has 1 aromatic carbocycles. The maximum absolute atomic E-state index is 12.5. The third kappa shape index (κ3) is 3.32. The fourth-order valence-corrected chi connectivity index (χ4v) is 2.51. The number of aromatic nitrogens is 1. The molecule has 0 aliphatic carbocycles. The van der Waals surface area contributed by atoms with Gasteiger partial charge in [-0.25, -0.2) is 4.79 Å². The molecule has 0 saturated carbocycles. The first kappa shape index (κ1) is 16.5. The van der Waals surface area contributed by atoms with Gasteiger partial charge >= 0.3 is 5.97 Å². The van der Waals surface area contributed by atoms with Gasteiger partial charge in [-0.05, 0) is 23.8 Å². The van der Waals surface area contributed by atoms with E-state index in [1.54, 1.807) is 24.3 Å². The molecule has 118 valence electrons. The quantitative estimate of drug-likeness (QED) is 0.945. The Bertz CT molecular complexity index is 852. The standard InChI is InChI=1S/C18H18N2O3/c1-18(2,3)15-9-8-12(10-19)16(21)20(15)11-13-6-4-5-7-14(13)17(22)23/h4-9H,11H2,1-3H3,(H,22,23). The molecule has 0 fully saturated rings. The third-order valence-electron chi connectivity index (χ3n) is 3.64. The van der Waals surface area contributed by atoms with Gasteiger partial charge in [0.1, 0.15) is 11.6 Å². The minimum atomic E-state index is -1.04. The summed E-state index contributed by atoms with van der Waals surface area (Å²) in [6.45, 7) is 6.01. The summed E-state index contributed by atoms with van der Waals surface area (Å²) in [4.78, 5) is 23.9. The second-order valence-electron chi connectivity index (χ2n) is 6.35. The van der Waals surface area contributed by atoms with Crippen molar-refractivity contribution in [3.05, 3.63) is 69.1 Å². The zero-order valence-electron chi connectivity index (χ0n) is 13.3. The molecule has 2 aromatic rings. The van der Waals surface area contributed by atoms with Crippen LogP contribution in [0.25, 0.3) is 0 Å². The van der Waals surface area contributed by atoms with E-state index in [2.05, 4.69) is 0 Å². The van der Waals surface area contributed by atoms with Gasteiger partial charge in [0.15, 0.2) is 0 Å². The molecule has 0 amide bonds. The van der Waals surface area contributed by atoms with Crippen LogP contribution in [0.3, 0.4) is 0 Å². The summed E-state index contributed by atoms with van der Waals surface area (Å²) < 4.78 is 1.49. The van der Waals surface area contributed by atoms with Gasteiger partial charge in [-0.3, -0.25) is 4.79 Å². The molecule has 2 rings (SSSR count). The first-order chi connectivity index (χ1) is 10.8. The number of hydrogen-bond acceptors (Lipinski definition) is 3. The van der Waals surface area contributed by atoms with Gasteiger partial charge < -0.3 is 9.67 Å². The lowest BCUT2D eigenvalue weighted by molar-refractivity contribution is 0.0695. The monoisotopic (exact) mass is 310 g/mol. The molecule has 0 spiro atoms. The highest BCUT2D eigenvalue weighted by Gasteiger charge is 2.21. The molecule has 0 bridgehead atoms. The number of carboxylic acid groups (broad SMARTS) is 1. The van der Waals surface area contributed by atoms with E-state index in [4.69, 9.17) is 5.26 Å². The molecule has 0 aliphatic rings. The predicted molar refractivity (Wildman–Crippen MR) is 86.6 cm³/mol. The van der Waals surface area contributed by atoms with Crippen LogP contribution in [0.2, 0.25) is 0 Å². The van der Waals surface area contributed by atoms with Gasteiger partial charge in [-0.1, -0.05) is 39.0 Å². The Kier molecular flexibility index (Phi) is 4.37. The first-order valence-electron chi connectivity index (χ1n) is 7.21. The van der Waals surface area contributed by atoms with Crippen LogP contribution in [0.15, 0.2) is 41.2 Å². The SMILES string of the molecule is CC(C)(C)c1ccc(C#N)c(=O)n1Cc1ccccc1C(=O)O. The maximum Gasteiger partial charge on any atom is 0.336 e. The van der Waals surface area contributed by atoms with Gasteiger partial charge in [0, 0.05) is 11.1 Å². The Morgan fingerprint density at radius 2 is 1.87 bits per heavy atom. The zero-order chi connectivity index (χ0) is 17.2. The van der Waals surface area contributed by atoms with E-state index < -0.39 is 11.5 Å². The molecule has 23 heavy (non-hydrogen) atoms. The lowest BCUT2D eigenvalue weighted by atomic mass is 9.90. The summed E-state index contributed by atoms with van der Waals surface area (Å²) in [5.74, 6) is -1.04. The molecule has 0 radical (unpaired) electrons. The van der Waals surface area contributed by atoms with E-state index in [9.17, 15) is 14.7 Å². The average Bonchev–Trinajstić information content (AvgIpc) is 2.48. The summed E-state index contributed by atoms with van der Waals surface area (Å²) in [5.41, 5.74) is 0.766. The second-order valence-corrected chi connectivity index (χ2v) is 6.35. The van der Waals surface area contributed by atoms with Crippen molar-refractivity contribution in [1.29, 1.82) is 5.26 Å². The van der Waals surface area contributed by atoms with Crippen molar-refractivity contribution in [2.75, 3.05) is 0 Å². The van der Waals surface area contributed by atoms with Crippen molar-refractivity contribution >= 4 is 5.97 Å². The fourth-order valence-electron chi connectivity index (χ4n) is 2.51. The zero-order valence-corrected chi connectivity index (χ0v) is 13.3. The van der Waals surface area contributed by atoms with E-state index in [0.717, 1.165) is 5.69 Å². The predicted octanol–water partition coefficient (Wildman–Crippen LogP) is 2.76. The Balaban J connectivity index is 2.67. The Labute approximate surface area is 134 Å². The number of pyridine rings is 1. The van der Waals surface area contributed by atoms with Crippen LogP contribution in [0.5, 0.6) is 0 Å². The fraction of sp³-hybridized carbons (Fsp3) is 0.278. The van der Waals surface area contributed by atoms with E-state index in [0.29, 0.717) is 5.56 Å². The van der Waals surface area contributed by atoms with Crippen molar-refractivity contribution in [3.63, 3.8) is 0 Å². The van der Waals surface area contributed by atoms with Gasteiger partial charge in [0.05, 0.1) is 12.1 Å². The van der Waals surface area contributed by atoms with Crippen molar-refractivity contribution in [2.24, 2.45) is 0 Å². The average molecular weight is 310 g/mol. The molecular weight excluding hydrogens is 292 g/mol. The van der Waals surface area contributed by atoms with E-state index in [1.807, 2.05) is 26.8 Å². The Hall–Kier alpha value is -2.87. The van der Waals surface area contributed by atoms with Crippen molar-refractivity contribution < 1.29 is 9.90 Å². The summed E-state index contributed by atoms with van der Waals surface area (Å²) in [6, 6.07) is 11.7. The molecule has 0 aliphatic heterocycles. The molecule has 1 heterocycles. The van der Waals surface area contributed by atoms with Crippen LogP contribution in [0.1, 0.15) is 48.0 Å². The van der Waals surface area contributed by atoms with Crippen LogP contribution in [0, 0.1) is 11.3 Å². The molecule has 1 N–H and O–H groups in total. The van der Waals surface area contributed by atoms with Gasteiger partial charge in [0.25, 0.3) is 5.56 Å². The molecule has 1 aromatic heterocycles. The normalized spacial score (nSPS) is 11.0. The molecule has 5 nitrogen and oxygen atoms in total. The summed E-state index contributed by atoms with van der Waals surface area (Å²) in [6.07, 6.45) is 0. The number of hydrogen-bond donors (Lipinski definition) is 1. The molecule has 0 atom stereocenters. The number of rotatable bonds is 3. The summed E-state index contributed by atoms with van der Waals surface area (Å²) in [7, 11) is 0. The summed E-state index contributed by atoms with van der Waals surface area (Å²) in [5, 5.41) is 18.4. The van der Waals surface area contributed by atoms with Crippen LogP contribution in [-0.4, -0.2) is 15.6 Å². The molecule has 5 heteroatoms. The highest BCUT2D eigenvalue weighted by molar-refractivity contribution is 5.89. The van der Waals surface area contributed by atoms with Gasteiger partial charge in [-0.15, -0.1) is 0 Å². The molecule has 0 saturated heterocycles. The minimum Gasteiger partial charge on any atom is -0.478 e. The van der Waals surface area contributed by atoms with Crippen LogP contribution in [-0.2, 0) is 12.0 Å². The maximum atomic E-state index is 12.5. The van der Waals surface area contributed by atoms with E-state index in [1.165, 1.54) is 16.7 Å². The molecular formula is C18H18N2O3. The van der Waals surface area contributed by atoms with Crippen LogP contribution < -0.4 is 5.56 Å². The number of carbonyl (C=O) groups is 1. The molecule has 0 unspecified atom stereocenters. The van der Waals surface area contributed by atoms with Crippen LogP contribution in [0.4, 0.5) is 0 Å². The van der Waals surface area contributed by atoms with Gasteiger partial charge in [0.2, 0.25) is 0 Å². The Morgan fingerprint density at radius 3 is 2.43 bits per heavy atom. The number of nitrogens with zero attached hydrogens (tertiary/aromatic N) is 2. The lowest BCUT2D eigenvalue weighted by Gasteiger charge is -2.24. The first-order valence-corrected chi connectivity index (χ1v) is 7.21. The minimum absolute atomic E-state index is 0.0470. The third-order valence-corrected chi connectivity index (χ3v) is 3.64. The highest BCUT2D eigenvalue weighted by Crippen LogP contribution is 2.22.